The number of carbonyl (C=O) groups is 1. The van der Waals surface area contributed by atoms with Crippen molar-refractivity contribution >= 4 is 17.1 Å². The largest absolute Gasteiger partial charge is 0.336 e. The zero-order valence-corrected chi connectivity index (χ0v) is 17.5. The molecule has 162 valence electrons. The number of nitrogens with zero attached hydrogens (tertiary/aromatic N) is 4. The summed E-state index contributed by atoms with van der Waals surface area (Å²) in [5.74, 6) is -0.875. The molecule has 2 aromatic carbocycles. The van der Waals surface area contributed by atoms with Crippen molar-refractivity contribution < 1.29 is 9.18 Å². The van der Waals surface area contributed by atoms with E-state index < -0.39 is 5.82 Å². The first kappa shape index (κ1) is 20.2. The van der Waals surface area contributed by atoms with Gasteiger partial charge in [0.05, 0.1) is 23.7 Å². The summed E-state index contributed by atoms with van der Waals surface area (Å²) in [6.07, 6.45) is 3.16. The smallest absolute Gasteiger partial charge is 0.330 e. The van der Waals surface area contributed by atoms with Gasteiger partial charge in [-0.15, -0.1) is 0 Å². The van der Waals surface area contributed by atoms with Crippen molar-refractivity contribution in [2.24, 2.45) is 0 Å². The maximum atomic E-state index is 14.2. The number of pyridine rings is 1. The first-order chi connectivity index (χ1) is 15.6. The third-order valence-electron chi connectivity index (χ3n) is 6.06. The van der Waals surface area contributed by atoms with Crippen molar-refractivity contribution in [2.75, 3.05) is 13.1 Å². The molecule has 32 heavy (non-hydrogen) atoms. The predicted octanol–water partition coefficient (Wildman–Crippen LogP) is 3.86. The van der Waals surface area contributed by atoms with E-state index in [1.54, 1.807) is 32.4 Å². The highest BCUT2D eigenvalue weighted by Crippen LogP contribution is 2.26. The van der Waals surface area contributed by atoms with Gasteiger partial charge in [0.25, 0.3) is 5.91 Å². The molecule has 1 saturated heterocycles. The molecule has 5 rings (SSSR count). The van der Waals surface area contributed by atoms with Crippen molar-refractivity contribution in [1.29, 1.82) is 0 Å². The Morgan fingerprint density at radius 1 is 1.03 bits per heavy atom. The molecule has 0 unspecified atom stereocenters. The molecule has 3 heterocycles. The number of carbonyl (C=O) groups excluding carboxylic acids is 1. The van der Waals surface area contributed by atoms with Crippen LogP contribution < -0.4 is 5.69 Å². The zero-order chi connectivity index (χ0) is 22.1. The van der Waals surface area contributed by atoms with Gasteiger partial charge < -0.3 is 4.90 Å². The van der Waals surface area contributed by atoms with Crippen LogP contribution in [0.4, 0.5) is 4.39 Å². The number of piperidine rings is 1. The van der Waals surface area contributed by atoms with E-state index in [4.69, 9.17) is 0 Å². The van der Waals surface area contributed by atoms with Crippen molar-refractivity contribution in [3.05, 3.63) is 100 Å². The molecule has 1 fully saturated rings. The average molecular weight is 430 g/mol. The summed E-state index contributed by atoms with van der Waals surface area (Å²) in [6, 6.07) is 19.3. The van der Waals surface area contributed by atoms with Crippen LogP contribution in [0.1, 0.15) is 34.8 Å². The highest BCUT2D eigenvalue weighted by Gasteiger charge is 2.30. The lowest BCUT2D eigenvalue weighted by Crippen LogP contribution is -2.43. The number of hydrogen-bond acceptors (Lipinski definition) is 3. The van der Waals surface area contributed by atoms with E-state index in [1.807, 2.05) is 42.5 Å². The minimum atomic E-state index is -0.530. The quantitative estimate of drug-likeness (QED) is 0.494. The number of hydrogen-bond donors (Lipinski definition) is 0. The van der Waals surface area contributed by atoms with E-state index in [0.29, 0.717) is 25.3 Å². The lowest BCUT2D eigenvalue weighted by atomic mass is 10.0. The summed E-state index contributed by atoms with van der Waals surface area (Å²) < 4.78 is 17.6. The molecule has 4 aromatic rings. The SMILES string of the molecule is O=C(c1ccccc1F)N1CCC[C@H](n2c(=O)n(Cc3ccccc3)c3cccnc32)C1. The number of imidazole rings is 1. The van der Waals surface area contributed by atoms with Gasteiger partial charge >= 0.3 is 5.69 Å². The number of halogens is 1. The maximum absolute atomic E-state index is 14.2. The Morgan fingerprint density at radius 2 is 1.81 bits per heavy atom. The number of rotatable bonds is 4. The fourth-order valence-electron chi connectivity index (χ4n) is 4.51. The molecule has 0 aliphatic carbocycles. The van der Waals surface area contributed by atoms with Crippen LogP contribution in [0.15, 0.2) is 77.7 Å². The van der Waals surface area contributed by atoms with Crippen molar-refractivity contribution in [3.63, 3.8) is 0 Å². The summed E-state index contributed by atoms with van der Waals surface area (Å²) in [5, 5.41) is 0. The highest BCUT2D eigenvalue weighted by atomic mass is 19.1. The Bertz CT molecular complexity index is 1330. The standard InChI is InChI=1S/C25H23FN4O2/c26-21-12-5-4-11-20(21)24(31)28-15-7-10-19(17-28)30-23-22(13-6-14-27-23)29(25(30)32)16-18-8-2-1-3-9-18/h1-6,8-9,11-14,19H,7,10,15-17H2/t19-/m0/s1. The fraction of sp³-hybridized carbons (Fsp3) is 0.240. The van der Waals surface area contributed by atoms with Gasteiger partial charge in [0.2, 0.25) is 0 Å². The summed E-state index contributed by atoms with van der Waals surface area (Å²) in [5.41, 5.74) is 2.31. The Labute approximate surface area is 184 Å². The van der Waals surface area contributed by atoms with Crippen LogP contribution >= 0.6 is 0 Å². The highest BCUT2D eigenvalue weighted by molar-refractivity contribution is 5.94. The van der Waals surface area contributed by atoms with Gasteiger partial charge in [-0.2, -0.15) is 0 Å². The lowest BCUT2D eigenvalue weighted by Gasteiger charge is -2.33. The third-order valence-corrected chi connectivity index (χ3v) is 6.06. The van der Waals surface area contributed by atoms with E-state index in [2.05, 4.69) is 4.98 Å². The van der Waals surface area contributed by atoms with Crippen LogP contribution in [0, 0.1) is 5.82 Å². The van der Waals surface area contributed by atoms with Crippen LogP contribution in [-0.4, -0.2) is 38.0 Å². The van der Waals surface area contributed by atoms with Gasteiger partial charge in [-0.05, 0) is 42.7 Å². The maximum Gasteiger partial charge on any atom is 0.330 e. The zero-order valence-electron chi connectivity index (χ0n) is 17.5. The van der Waals surface area contributed by atoms with Crippen LogP contribution in [0.5, 0.6) is 0 Å². The Morgan fingerprint density at radius 3 is 2.62 bits per heavy atom. The monoisotopic (exact) mass is 430 g/mol. The van der Waals surface area contributed by atoms with Crippen LogP contribution in [0.2, 0.25) is 0 Å². The van der Waals surface area contributed by atoms with E-state index in [-0.39, 0.29) is 23.2 Å². The van der Waals surface area contributed by atoms with E-state index in [1.165, 1.54) is 12.1 Å². The number of fused-ring (bicyclic) bond motifs is 1. The number of likely N-dealkylation sites (tertiary alicyclic amines) is 1. The van der Waals surface area contributed by atoms with Crippen molar-refractivity contribution in [3.8, 4) is 0 Å². The molecule has 6 nitrogen and oxygen atoms in total. The van der Waals surface area contributed by atoms with Crippen molar-refractivity contribution in [2.45, 2.75) is 25.4 Å². The molecule has 0 saturated carbocycles. The molecule has 0 radical (unpaired) electrons. The van der Waals surface area contributed by atoms with Gasteiger partial charge in [-0.3, -0.25) is 13.9 Å². The second-order valence-corrected chi connectivity index (χ2v) is 8.10. The second kappa shape index (κ2) is 8.42. The molecular formula is C25H23FN4O2. The fourth-order valence-corrected chi connectivity index (χ4v) is 4.51. The number of aromatic nitrogens is 3. The normalized spacial score (nSPS) is 16.4. The first-order valence-corrected chi connectivity index (χ1v) is 10.8. The third kappa shape index (κ3) is 3.60. The molecule has 2 aromatic heterocycles. The number of amides is 1. The molecule has 0 bridgehead atoms. The summed E-state index contributed by atoms with van der Waals surface area (Å²) in [6.45, 7) is 1.32. The predicted molar refractivity (Wildman–Crippen MR) is 120 cm³/mol. The van der Waals surface area contributed by atoms with E-state index in [9.17, 15) is 14.0 Å². The Kier molecular flexibility index (Phi) is 5.31. The summed E-state index contributed by atoms with van der Waals surface area (Å²) in [7, 11) is 0. The molecule has 1 aliphatic heterocycles. The minimum Gasteiger partial charge on any atom is -0.336 e. The first-order valence-electron chi connectivity index (χ1n) is 10.8. The Hall–Kier alpha value is -3.74. The van der Waals surface area contributed by atoms with Crippen LogP contribution in [0.25, 0.3) is 11.2 Å². The summed E-state index contributed by atoms with van der Waals surface area (Å²) in [4.78, 5) is 32.6. The molecule has 0 N–H and O–H groups in total. The second-order valence-electron chi connectivity index (χ2n) is 8.10. The molecular weight excluding hydrogens is 407 g/mol. The van der Waals surface area contributed by atoms with Crippen LogP contribution in [0.3, 0.4) is 0 Å². The molecule has 1 amide bonds. The molecule has 0 spiro atoms. The molecule has 1 atom stereocenters. The van der Waals surface area contributed by atoms with E-state index >= 15 is 0 Å². The van der Waals surface area contributed by atoms with Gasteiger partial charge in [-0.1, -0.05) is 42.5 Å². The van der Waals surface area contributed by atoms with Gasteiger partial charge in [-0.25, -0.2) is 14.2 Å². The summed E-state index contributed by atoms with van der Waals surface area (Å²) >= 11 is 0. The van der Waals surface area contributed by atoms with Crippen molar-refractivity contribution in [1.82, 2.24) is 19.0 Å². The van der Waals surface area contributed by atoms with Gasteiger partial charge in [0, 0.05) is 19.3 Å². The average Bonchev–Trinajstić information content (AvgIpc) is 3.11. The van der Waals surface area contributed by atoms with Gasteiger partial charge in [0.1, 0.15) is 5.82 Å². The number of benzene rings is 2. The van der Waals surface area contributed by atoms with Crippen LogP contribution in [-0.2, 0) is 6.54 Å². The van der Waals surface area contributed by atoms with Gasteiger partial charge in [0.15, 0.2) is 5.65 Å². The molecule has 7 heteroatoms. The van der Waals surface area contributed by atoms with E-state index in [0.717, 1.165) is 23.9 Å². The Balaban J connectivity index is 1.50. The topological polar surface area (TPSA) is 60.1 Å². The lowest BCUT2D eigenvalue weighted by molar-refractivity contribution is 0.0674. The minimum absolute atomic E-state index is 0.0603. The molecule has 1 aliphatic rings.